The van der Waals surface area contributed by atoms with E-state index in [1.165, 1.54) is 180 Å². The summed E-state index contributed by atoms with van der Waals surface area (Å²) in [7, 11) is 0. The second-order valence-corrected chi connectivity index (χ2v) is 18.2. The maximum atomic E-state index is 12.4. The van der Waals surface area contributed by atoms with Gasteiger partial charge in [0.05, 0.1) is 25.4 Å². The largest absolute Gasteiger partial charge is 0.466 e. The average molecular weight is 858 g/mol. The number of aliphatic hydroxyl groups is 2. The van der Waals surface area contributed by atoms with Crippen LogP contribution in [0.15, 0.2) is 36.5 Å². The van der Waals surface area contributed by atoms with Crippen LogP contribution in [0.3, 0.4) is 0 Å². The van der Waals surface area contributed by atoms with Crippen LogP contribution in [0.1, 0.15) is 277 Å². The number of nitrogens with one attached hydrogen (secondary N) is 1. The first-order chi connectivity index (χ1) is 30.0. The number of aliphatic hydroxyl groups excluding tert-OH is 2. The molecule has 0 saturated carbocycles. The van der Waals surface area contributed by atoms with E-state index < -0.39 is 12.1 Å². The summed E-state index contributed by atoms with van der Waals surface area (Å²) in [6.45, 7) is 4.88. The zero-order chi connectivity index (χ0) is 44.4. The lowest BCUT2D eigenvalue weighted by Gasteiger charge is -2.22. The number of unbranched alkanes of at least 4 members (excludes halogenated alkanes) is 32. The number of hydrogen-bond acceptors (Lipinski definition) is 5. The summed E-state index contributed by atoms with van der Waals surface area (Å²) in [6.07, 6.45) is 61.3. The molecule has 0 aromatic heterocycles. The fourth-order valence-electron chi connectivity index (χ4n) is 8.02. The first kappa shape index (κ1) is 59.1. The van der Waals surface area contributed by atoms with Gasteiger partial charge in [0.15, 0.2) is 0 Å². The summed E-state index contributed by atoms with van der Waals surface area (Å²) >= 11 is 0. The van der Waals surface area contributed by atoms with Gasteiger partial charge >= 0.3 is 5.97 Å². The minimum atomic E-state index is -0.670. The normalized spacial score (nSPS) is 12.9. The second-order valence-electron chi connectivity index (χ2n) is 18.2. The first-order valence-electron chi connectivity index (χ1n) is 26.7. The molecule has 61 heavy (non-hydrogen) atoms. The van der Waals surface area contributed by atoms with Gasteiger partial charge in [-0.25, -0.2) is 0 Å². The summed E-state index contributed by atoms with van der Waals surface area (Å²) in [4.78, 5) is 24.4. The Labute approximate surface area is 379 Å². The van der Waals surface area contributed by atoms with Crippen LogP contribution in [0.2, 0.25) is 0 Å². The Balaban J connectivity index is 3.43. The molecule has 3 N–H and O–H groups in total. The van der Waals surface area contributed by atoms with Crippen LogP contribution in [-0.4, -0.2) is 47.4 Å². The number of rotatable bonds is 49. The lowest BCUT2D eigenvalue weighted by molar-refractivity contribution is -0.143. The van der Waals surface area contributed by atoms with Crippen molar-refractivity contribution in [2.24, 2.45) is 0 Å². The SMILES string of the molecule is CCCCCC/C=C\C/C=C\CCCCCCCCCC(=O)OCCCCCCCC/C=C\CCCCCCCCCC(=O)NC(CO)C(O)CCCCCCCCCCC. The molecule has 6 heteroatoms. The van der Waals surface area contributed by atoms with Gasteiger partial charge in [-0.05, 0) is 83.5 Å². The van der Waals surface area contributed by atoms with Crippen molar-refractivity contribution in [2.75, 3.05) is 13.2 Å². The molecule has 0 fully saturated rings. The molecule has 0 aromatic rings. The number of esters is 1. The third kappa shape index (κ3) is 47.4. The van der Waals surface area contributed by atoms with Crippen LogP contribution < -0.4 is 5.32 Å². The number of allylic oxidation sites excluding steroid dienone is 6. The van der Waals surface area contributed by atoms with Crippen molar-refractivity contribution in [1.82, 2.24) is 5.32 Å². The molecular weight excluding hydrogens is 755 g/mol. The van der Waals surface area contributed by atoms with Gasteiger partial charge < -0.3 is 20.3 Å². The number of amides is 1. The minimum absolute atomic E-state index is 0.00982. The predicted molar refractivity (Wildman–Crippen MR) is 264 cm³/mol. The van der Waals surface area contributed by atoms with Crippen LogP contribution in [0.5, 0.6) is 0 Å². The monoisotopic (exact) mass is 858 g/mol. The van der Waals surface area contributed by atoms with Gasteiger partial charge in [0.25, 0.3) is 0 Å². The molecule has 0 aromatic carbocycles. The van der Waals surface area contributed by atoms with Gasteiger partial charge in [-0.15, -0.1) is 0 Å². The highest BCUT2D eigenvalue weighted by molar-refractivity contribution is 5.76. The van der Waals surface area contributed by atoms with Crippen molar-refractivity contribution in [1.29, 1.82) is 0 Å². The topological polar surface area (TPSA) is 95.9 Å². The molecule has 0 aliphatic rings. The molecule has 2 atom stereocenters. The summed E-state index contributed by atoms with van der Waals surface area (Å²) < 4.78 is 5.47. The maximum Gasteiger partial charge on any atom is 0.305 e. The first-order valence-corrected chi connectivity index (χ1v) is 26.7. The Morgan fingerprint density at radius 2 is 0.820 bits per heavy atom. The van der Waals surface area contributed by atoms with Crippen LogP contribution in [0.4, 0.5) is 0 Å². The Bertz CT molecular complexity index is 993. The highest BCUT2D eigenvalue weighted by Gasteiger charge is 2.20. The Kier molecular flexibility index (Phi) is 49.1. The molecular formula is C55H103NO5. The summed E-state index contributed by atoms with van der Waals surface area (Å²) in [6, 6.07) is -0.549. The van der Waals surface area contributed by atoms with Crippen molar-refractivity contribution >= 4 is 11.9 Å². The van der Waals surface area contributed by atoms with Gasteiger partial charge in [0, 0.05) is 12.8 Å². The predicted octanol–water partition coefficient (Wildman–Crippen LogP) is 16.1. The molecule has 0 radical (unpaired) electrons. The Morgan fingerprint density at radius 3 is 1.28 bits per heavy atom. The number of carbonyl (C=O) groups is 2. The van der Waals surface area contributed by atoms with E-state index in [-0.39, 0.29) is 18.5 Å². The van der Waals surface area contributed by atoms with Crippen LogP contribution >= 0.6 is 0 Å². The molecule has 0 rings (SSSR count). The standard InChI is InChI=1S/C55H103NO5/c1-3-5-7-9-11-13-14-15-16-17-20-23-26-29-33-37-41-45-49-55(60)61-50-46-42-38-34-30-27-24-21-18-19-22-25-28-32-36-40-44-48-54(59)56-52(51-57)53(58)47-43-39-35-31-12-10-8-6-4-2/h13-14,16-18,21,52-53,57-58H,3-12,15,19-20,22-51H2,1-2H3,(H,56,59)/b14-13-,17-16-,21-18-. The zero-order valence-corrected chi connectivity index (χ0v) is 40.6. The molecule has 0 heterocycles. The third-order valence-electron chi connectivity index (χ3n) is 12.2. The van der Waals surface area contributed by atoms with Crippen LogP contribution in [0.25, 0.3) is 0 Å². The van der Waals surface area contributed by atoms with E-state index in [0.29, 0.717) is 25.9 Å². The molecule has 0 aliphatic heterocycles. The summed E-state index contributed by atoms with van der Waals surface area (Å²) in [5.74, 6) is -0.0603. The highest BCUT2D eigenvalue weighted by Crippen LogP contribution is 2.15. The van der Waals surface area contributed by atoms with Gasteiger partial charge in [-0.3, -0.25) is 9.59 Å². The van der Waals surface area contributed by atoms with Gasteiger partial charge in [-0.2, -0.15) is 0 Å². The molecule has 0 spiro atoms. The fourth-order valence-corrected chi connectivity index (χ4v) is 8.02. The minimum Gasteiger partial charge on any atom is -0.466 e. The molecule has 1 amide bonds. The van der Waals surface area contributed by atoms with Crippen molar-refractivity contribution in [3.63, 3.8) is 0 Å². The lowest BCUT2D eigenvalue weighted by atomic mass is 10.0. The number of hydrogen-bond donors (Lipinski definition) is 3. The van der Waals surface area contributed by atoms with E-state index in [4.69, 9.17) is 4.74 Å². The van der Waals surface area contributed by atoms with E-state index in [0.717, 1.165) is 64.2 Å². The zero-order valence-electron chi connectivity index (χ0n) is 40.6. The van der Waals surface area contributed by atoms with Gasteiger partial charge in [-0.1, -0.05) is 217 Å². The second kappa shape index (κ2) is 50.7. The van der Waals surface area contributed by atoms with E-state index in [9.17, 15) is 19.8 Å². The van der Waals surface area contributed by atoms with Crippen molar-refractivity contribution in [2.45, 2.75) is 289 Å². The van der Waals surface area contributed by atoms with Crippen LogP contribution in [-0.2, 0) is 14.3 Å². The Hall–Kier alpha value is -1.92. The molecule has 0 bridgehead atoms. The van der Waals surface area contributed by atoms with Crippen molar-refractivity contribution < 1.29 is 24.5 Å². The molecule has 0 aliphatic carbocycles. The summed E-state index contributed by atoms with van der Waals surface area (Å²) in [5, 5.41) is 23.1. The van der Waals surface area contributed by atoms with Gasteiger partial charge in [0.1, 0.15) is 0 Å². The smallest absolute Gasteiger partial charge is 0.305 e. The average Bonchev–Trinajstić information content (AvgIpc) is 3.26. The number of ether oxygens (including phenoxy) is 1. The molecule has 0 saturated heterocycles. The third-order valence-corrected chi connectivity index (χ3v) is 12.2. The quantitative estimate of drug-likeness (QED) is 0.0322. The van der Waals surface area contributed by atoms with Gasteiger partial charge in [0.2, 0.25) is 5.91 Å². The maximum absolute atomic E-state index is 12.4. The molecule has 6 nitrogen and oxygen atoms in total. The van der Waals surface area contributed by atoms with E-state index in [1.54, 1.807) is 0 Å². The van der Waals surface area contributed by atoms with E-state index in [1.807, 2.05) is 0 Å². The fraction of sp³-hybridized carbons (Fsp3) is 0.855. The van der Waals surface area contributed by atoms with Crippen LogP contribution in [0, 0.1) is 0 Å². The highest BCUT2D eigenvalue weighted by atomic mass is 16.5. The molecule has 2 unspecified atom stereocenters. The lowest BCUT2D eigenvalue weighted by Crippen LogP contribution is -2.45. The number of carbonyl (C=O) groups excluding carboxylic acids is 2. The Morgan fingerprint density at radius 1 is 0.459 bits per heavy atom. The van der Waals surface area contributed by atoms with Crippen molar-refractivity contribution in [3.8, 4) is 0 Å². The van der Waals surface area contributed by atoms with Crippen molar-refractivity contribution in [3.05, 3.63) is 36.5 Å². The van der Waals surface area contributed by atoms with E-state index in [2.05, 4.69) is 55.6 Å². The summed E-state index contributed by atoms with van der Waals surface area (Å²) in [5.41, 5.74) is 0. The van der Waals surface area contributed by atoms with E-state index >= 15 is 0 Å². The molecule has 358 valence electrons.